The van der Waals surface area contributed by atoms with Crippen molar-refractivity contribution in [1.29, 1.82) is 0 Å². The van der Waals surface area contributed by atoms with Gasteiger partial charge in [-0.3, -0.25) is 4.79 Å². The maximum Gasteiger partial charge on any atom is 0.267 e. The summed E-state index contributed by atoms with van der Waals surface area (Å²) in [6.07, 6.45) is 3.97. The van der Waals surface area contributed by atoms with Gasteiger partial charge in [0.05, 0.1) is 0 Å². The summed E-state index contributed by atoms with van der Waals surface area (Å²) < 4.78 is 39.5. The molecule has 23 heavy (non-hydrogen) atoms. The number of rotatable bonds is 4. The summed E-state index contributed by atoms with van der Waals surface area (Å²) in [4.78, 5) is 14.8. The molecular weight excluding hydrogens is 319 g/mol. The van der Waals surface area contributed by atoms with Gasteiger partial charge in [0.1, 0.15) is 10.7 Å². The number of carbonyl (C=O) groups is 1. The minimum Gasteiger partial charge on any atom is -0.382 e. The standard InChI is InChI=1S/C16H21FN2O3S/c1-18(2)12-15(16(20)19-10-6-3-7-11-19)23(21,22)14-9-5-4-8-13(14)17/h4-5,8-9,12H,3,6-7,10-11H2,1-2H3. The smallest absolute Gasteiger partial charge is 0.267 e. The van der Waals surface area contributed by atoms with Crippen LogP contribution in [-0.4, -0.2) is 51.3 Å². The van der Waals surface area contributed by atoms with Crippen molar-refractivity contribution in [2.75, 3.05) is 27.2 Å². The van der Waals surface area contributed by atoms with E-state index >= 15 is 0 Å². The third-order valence-electron chi connectivity index (χ3n) is 3.65. The van der Waals surface area contributed by atoms with Crippen LogP contribution >= 0.6 is 0 Å². The van der Waals surface area contributed by atoms with Crippen molar-refractivity contribution in [3.63, 3.8) is 0 Å². The molecule has 1 aliphatic heterocycles. The van der Waals surface area contributed by atoms with Crippen LogP contribution in [0.3, 0.4) is 0 Å². The topological polar surface area (TPSA) is 57.7 Å². The molecule has 1 heterocycles. The Labute approximate surface area is 136 Å². The Kier molecular flexibility index (Phi) is 5.41. The third-order valence-corrected chi connectivity index (χ3v) is 5.41. The van der Waals surface area contributed by atoms with Crippen molar-refractivity contribution in [3.8, 4) is 0 Å². The van der Waals surface area contributed by atoms with Gasteiger partial charge in [0, 0.05) is 33.4 Å². The highest BCUT2D eigenvalue weighted by Gasteiger charge is 2.33. The number of piperidine rings is 1. The van der Waals surface area contributed by atoms with Crippen molar-refractivity contribution in [1.82, 2.24) is 9.80 Å². The van der Waals surface area contributed by atoms with Crippen LogP contribution in [0.2, 0.25) is 0 Å². The van der Waals surface area contributed by atoms with Gasteiger partial charge in [0.15, 0.2) is 4.91 Å². The molecule has 0 unspecified atom stereocenters. The zero-order valence-electron chi connectivity index (χ0n) is 13.3. The number of hydrogen-bond donors (Lipinski definition) is 0. The molecule has 1 aromatic carbocycles. The van der Waals surface area contributed by atoms with Crippen LogP contribution in [0, 0.1) is 5.82 Å². The van der Waals surface area contributed by atoms with Crippen LogP contribution in [0.1, 0.15) is 19.3 Å². The van der Waals surface area contributed by atoms with Gasteiger partial charge < -0.3 is 9.80 Å². The summed E-state index contributed by atoms with van der Waals surface area (Å²) in [5.74, 6) is -1.43. The molecule has 0 N–H and O–H groups in total. The van der Waals surface area contributed by atoms with E-state index in [1.54, 1.807) is 14.1 Å². The van der Waals surface area contributed by atoms with E-state index in [9.17, 15) is 17.6 Å². The molecule has 0 bridgehead atoms. The zero-order valence-corrected chi connectivity index (χ0v) is 14.1. The van der Waals surface area contributed by atoms with Crippen LogP contribution in [0.5, 0.6) is 0 Å². The second-order valence-electron chi connectivity index (χ2n) is 5.74. The van der Waals surface area contributed by atoms with Gasteiger partial charge in [-0.15, -0.1) is 0 Å². The number of likely N-dealkylation sites (tertiary alicyclic amines) is 1. The fourth-order valence-corrected chi connectivity index (χ4v) is 4.04. The number of nitrogens with zero attached hydrogens (tertiary/aromatic N) is 2. The lowest BCUT2D eigenvalue weighted by Gasteiger charge is -2.28. The van der Waals surface area contributed by atoms with Crippen molar-refractivity contribution < 1.29 is 17.6 Å². The average Bonchev–Trinajstić information content (AvgIpc) is 2.53. The number of sulfone groups is 1. The number of amides is 1. The van der Waals surface area contributed by atoms with Crippen molar-refractivity contribution in [3.05, 3.63) is 41.2 Å². The van der Waals surface area contributed by atoms with Gasteiger partial charge in [-0.25, -0.2) is 12.8 Å². The minimum absolute atomic E-state index is 0.394. The first-order chi connectivity index (χ1) is 10.8. The van der Waals surface area contributed by atoms with E-state index in [1.807, 2.05) is 0 Å². The number of benzene rings is 1. The van der Waals surface area contributed by atoms with Crippen molar-refractivity contribution in [2.45, 2.75) is 24.2 Å². The lowest BCUT2D eigenvalue weighted by molar-refractivity contribution is -0.127. The van der Waals surface area contributed by atoms with Gasteiger partial charge in [0.25, 0.3) is 5.91 Å². The van der Waals surface area contributed by atoms with Crippen LogP contribution in [0.4, 0.5) is 4.39 Å². The third kappa shape index (κ3) is 3.90. The predicted molar refractivity (Wildman–Crippen MR) is 85.8 cm³/mol. The summed E-state index contributed by atoms with van der Waals surface area (Å²) in [7, 11) is -0.971. The Morgan fingerprint density at radius 3 is 2.35 bits per heavy atom. The Bertz CT molecular complexity index is 708. The van der Waals surface area contributed by atoms with Gasteiger partial charge in [-0.1, -0.05) is 12.1 Å². The summed E-state index contributed by atoms with van der Waals surface area (Å²) in [5.41, 5.74) is 0. The summed E-state index contributed by atoms with van der Waals surface area (Å²) in [5, 5.41) is 0. The van der Waals surface area contributed by atoms with Crippen LogP contribution in [0.15, 0.2) is 40.3 Å². The lowest BCUT2D eigenvalue weighted by atomic mass is 10.1. The average molecular weight is 340 g/mol. The largest absolute Gasteiger partial charge is 0.382 e. The van der Waals surface area contributed by atoms with E-state index in [4.69, 9.17) is 0 Å². The second kappa shape index (κ2) is 7.12. The molecule has 1 aromatic rings. The second-order valence-corrected chi connectivity index (χ2v) is 7.63. The minimum atomic E-state index is -4.22. The first kappa shape index (κ1) is 17.5. The fourth-order valence-electron chi connectivity index (χ4n) is 2.51. The Morgan fingerprint density at radius 2 is 1.78 bits per heavy atom. The first-order valence-corrected chi connectivity index (χ1v) is 8.99. The number of carbonyl (C=O) groups excluding carboxylic acids is 1. The van der Waals surface area contributed by atoms with E-state index in [1.165, 1.54) is 34.2 Å². The highest BCUT2D eigenvalue weighted by Crippen LogP contribution is 2.25. The zero-order chi connectivity index (χ0) is 17.0. The van der Waals surface area contributed by atoms with Crippen molar-refractivity contribution in [2.24, 2.45) is 0 Å². The summed E-state index contributed by atoms with van der Waals surface area (Å²) in [6.45, 7) is 1.05. The molecule has 0 aromatic heterocycles. The van der Waals surface area contributed by atoms with E-state index in [0.717, 1.165) is 25.3 Å². The van der Waals surface area contributed by atoms with E-state index in [2.05, 4.69) is 0 Å². The molecule has 1 aliphatic rings. The summed E-state index contributed by atoms with van der Waals surface area (Å²) in [6, 6.07) is 5.11. The maximum atomic E-state index is 13.9. The first-order valence-electron chi connectivity index (χ1n) is 7.51. The number of halogens is 1. The molecule has 2 rings (SSSR count). The van der Waals surface area contributed by atoms with E-state index in [0.29, 0.717) is 13.1 Å². The molecule has 0 atom stereocenters. The summed E-state index contributed by atoms with van der Waals surface area (Å²) >= 11 is 0. The Morgan fingerprint density at radius 1 is 1.17 bits per heavy atom. The highest BCUT2D eigenvalue weighted by molar-refractivity contribution is 7.96. The molecule has 1 amide bonds. The highest BCUT2D eigenvalue weighted by atomic mass is 32.2. The predicted octanol–water partition coefficient (Wildman–Crippen LogP) is 2.01. The molecule has 0 saturated carbocycles. The fraction of sp³-hybridized carbons (Fsp3) is 0.438. The molecule has 1 fully saturated rings. The molecule has 0 radical (unpaired) electrons. The number of hydrogen-bond acceptors (Lipinski definition) is 4. The maximum absolute atomic E-state index is 13.9. The Balaban J connectivity index is 2.46. The molecular formula is C16H21FN2O3S. The molecule has 5 nitrogen and oxygen atoms in total. The quantitative estimate of drug-likeness (QED) is 0.787. The van der Waals surface area contributed by atoms with Crippen LogP contribution in [0.25, 0.3) is 0 Å². The molecule has 126 valence electrons. The van der Waals surface area contributed by atoms with Crippen LogP contribution < -0.4 is 0 Å². The van der Waals surface area contributed by atoms with Gasteiger partial charge in [0.2, 0.25) is 9.84 Å². The van der Waals surface area contributed by atoms with E-state index < -0.39 is 31.4 Å². The van der Waals surface area contributed by atoms with Gasteiger partial charge in [-0.2, -0.15) is 0 Å². The van der Waals surface area contributed by atoms with Gasteiger partial charge >= 0.3 is 0 Å². The van der Waals surface area contributed by atoms with Gasteiger partial charge in [-0.05, 0) is 31.4 Å². The van der Waals surface area contributed by atoms with Crippen molar-refractivity contribution >= 4 is 15.7 Å². The van der Waals surface area contributed by atoms with Crippen LogP contribution in [-0.2, 0) is 14.6 Å². The van der Waals surface area contributed by atoms with E-state index in [-0.39, 0.29) is 0 Å². The molecule has 0 aliphatic carbocycles. The molecule has 7 heteroatoms. The molecule has 1 saturated heterocycles. The Hall–Kier alpha value is -1.89. The normalized spacial score (nSPS) is 16.3. The SMILES string of the molecule is CN(C)C=C(C(=O)N1CCCCC1)S(=O)(=O)c1ccccc1F. The molecule has 0 spiro atoms. The lowest BCUT2D eigenvalue weighted by Crippen LogP contribution is -2.38. The monoisotopic (exact) mass is 340 g/mol.